The molecule has 0 spiro atoms. The molecule has 14 nitrogen and oxygen atoms in total. The second kappa shape index (κ2) is 13.6. The molecule has 1 aliphatic rings. The lowest BCUT2D eigenvalue weighted by Crippen LogP contribution is -2.40. The fourth-order valence-electron chi connectivity index (χ4n) is 3.96. The summed E-state index contributed by atoms with van der Waals surface area (Å²) in [5.41, 5.74) is -2.50. The molecule has 1 aromatic carbocycles. The number of nitrogens with zero attached hydrogens (tertiary/aromatic N) is 3. The van der Waals surface area contributed by atoms with Crippen LogP contribution in [0, 0.1) is 22.7 Å². The van der Waals surface area contributed by atoms with Gasteiger partial charge in [-0.05, 0) is 45.9 Å². The summed E-state index contributed by atoms with van der Waals surface area (Å²) in [6, 6.07) is 10.3. The standard InChI is InChI=1S/C27H36N5O9P/c1-16(2)23(34)29-21-12-13-32(26(36)30-21)25-27(6,15-28)22(33)20(40-25)14-38-42(37,41-19-10-8-7-9-11-19)31-18(5)24(35)39-17(3)4/h7-13,16-18,20,22,25,33H,14H2,1-6H3,(H,31,37)(H,29,30,34,36)/t18-,20+,22+,25+,27+,42?/m0/s1. The van der Waals surface area contributed by atoms with Crippen LogP contribution in [0.4, 0.5) is 5.82 Å². The van der Waals surface area contributed by atoms with Crippen molar-refractivity contribution in [1.29, 1.82) is 5.26 Å². The first kappa shape index (κ1) is 32.9. The average Bonchev–Trinajstić information content (AvgIpc) is 3.17. The number of esters is 1. The number of nitrogens with one attached hydrogen (secondary N) is 2. The molecule has 3 rings (SSSR count). The van der Waals surface area contributed by atoms with E-state index in [1.54, 1.807) is 45.9 Å². The van der Waals surface area contributed by atoms with Crippen LogP contribution in [-0.4, -0.2) is 57.5 Å². The van der Waals surface area contributed by atoms with E-state index in [1.807, 2.05) is 6.07 Å². The van der Waals surface area contributed by atoms with E-state index in [-0.39, 0.29) is 23.4 Å². The van der Waals surface area contributed by atoms with Crippen molar-refractivity contribution in [2.24, 2.45) is 11.3 Å². The van der Waals surface area contributed by atoms with E-state index in [0.717, 1.165) is 4.57 Å². The van der Waals surface area contributed by atoms with Gasteiger partial charge in [0.25, 0.3) is 0 Å². The predicted molar refractivity (Wildman–Crippen MR) is 150 cm³/mol. The molecule has 1 amide bonds. The van der Waals surface area contributed by atoms with Crippen LogP contribution in [0.1, 0.15) is 47.8 Å². The van der Waals surface area contributed by atoms with Crippen molar-refractivity contribution in [2.75, 3.05) is 11.9 Å². The Bertz CT molecular complexity index is 1410. The number of hydrogen-bond donors (Lipinski definition) is 3. The molecule has 228 valence electrons. The lowest BCUT2D eigenvalue weighted by atomic mass is 9.84. The number of nitriles is 1. The number of aliphatic hydroxyl groups excluding tert-OH is 1. The predicted octanol–water partition coefficient (Wildman–Crippen LogP) is 2.76. The van der Waals surface area contributed by atoms with Crippen molar-refractivity contribution in [3.63, 3.8) is 0 Å². The van der Waals surface area contributed by atoms with E-state index >= 15 is 0 Å². The number of aliphatic hydroxyl groups is 1. The van der Waals surface area contributed by atoms with E-state index in [4.69, 9.17) is 18.5 Å². The molecule has 3 N–H and O–H groups in total. The molecular formula is C27H36N5O9P. The number of amides is 1. The highest BCUT2D eigenvalue weighted by atomic mass is 31.2. The van der Waals surface area contributed by atoms with Crippen LogP contribution in [-0.2, 0) is 28.2 Å². The van der Waals surface area contributed by atoms with Gasteiger partial charge in [-0.25, -0.2) is 9.36 Å². The highest BCUT2D eigenvalue weighted by molar-refractivity contribution is 7.52. The first-order chi connectivity index (χ1) is 19.7. The molecule has 15 heteroatoms. The molecule has 1 saturated heterocycles. The highest BCUT2D eigenvalue weighted by Crippen LogP contribution is 2.48. The number of rotatable bonds is 12. The number of aromatic nitrogens is 2. The zero-order chi connectivity index (χ0) is 31.2. The Labute approximate surface area is 243 Å². The second-order valence-electron chi connectivity index (χ2n) is 10.5. The van der Waals surface area contributed by atoms with Crippen LogP contribution in [0.3, 0.4) is 0 Å². The Hall–Kier alpha value is -3.60. The lowest BCUT2D eigenvalue weighted by molar-refractivity contribution is -0.149. The molecule has 1 fully saturated rings. The fourth-order valence-corrected chi connectivity index (χ4v) is 5.46. The molecule has 0 bridgehead atoms. The molecular weight excluding hydrogens is 569 g/mol. The number of hydrogen-bond acceptors (Lipinski definition) is 11. The number of carbonyl (C=O) groups is 2. The maximum atomic E-state index is 13.8. The number of carbonyl (C=O) groups excluding carboxylic acids is 2. The molecule has 2 heterocycles. The Kier molecular flexibility index (Phi) is 10.6. The summed E-state index contributed by atoms with van der Waals surface area (Å²) in [6.45, 7) is 8.96. The highest BCUT2D eigenvalue weighted by Gasteiger charge is 2.55. The van der Waals surface area contributed by atoms with Crippen LogP contribution >= 0.6 is 7.75 Å². The molecule has 1 unspecified atom stereocenters. The van der Waals surface area contributed by atoms with Gasteiger partial charge in [-0.3, -0.25) is 18.7 Å². The van der Waals surface area contributed by atoms with Gasteiger partial charge in [0, 0.05) is 12.1 Å². The Morgan fingerprint density at radius 3 is 2.45 bits per heavy atom. The maximum absolute atomic E-state index is 13.8. The minimum atomic E-state index is -4.30. The number of anilines is 1. The van der Waals surface area contributed by atoms with Crippen molar-refractivity contribution in [1.82, 2.24) is 14.6 Å². The van der Waals surface area contributed by atoms with E-state index in [2.05, 4.69) is 15.4 Å². The number of para-hydroxylation sites is 1. The molecule has 1 aromatic heterocycles. The average molecular weight is 606 g/mol. The quantitative estimate of drug-likeness (QED) is 0.237. The molecule has 1 aliphatic heterocycles. The summed E-state index contributed by atoms with van der Waals surface area (Å²) in [4.78, 5) is 41.1. The minimum Gasteiger partial charge on any atom is -0.462 e. The summed E-state index contributed by atoms with van der Waals surface area (Å²) in [5.74, 6) is -1.19. The zero-order valence-corrected chi connectivity index (χ0v) is 25.1. The Balaban J connectivity index is 1.83. The van der Waals surface area contributed by atoms with Gasteiger partial charge in [0.15, 0.2) is 6.23 Å². The van der Waals surface area contributed by atoms with Crippen molar-refractivity contribution < 1.29 is 37.8 Å². The third kappa shape index (κ3) is 7.81. The van der Waals surface area contributed by atoms with E-state index in [1.165, 1.54) is 38.2 Å². The summed E-state index contributed by atoms with van der Waals surface area (Å²) in [5, 5.41) is 26.1. The van der Waals surface area contributed by atoms with Crippen LogP contribution in [0.5, 0.6) is 5.75 Å². The lowest BCUT2D eigenvalue weighted by Gasteiger charge is -2.26. The Morgan fingerprint density at radius 2 is 1.88 bits per heavy atom. The normalized spacial score (nSPS) is 24.0. The van der Waals surface area contributed by atoms with Gasteiger partial charge >= 0.3 is 19.4 Å². The zero-order valence-electron chi connectivity index (χ0n) is 24.2. The van der Waals surface area contributed by atoms with E-state index < -0.39 is 62.0 Å². The van der Waals surface area contributed by atoms with Crippen LogP contribution in [0.2, 0.25) is 0 Å². The monoisotopic (exact) mass is 605 g/mol. The number of ether oxygens (including phenoxy) is 2. The molecule has 0 aliphatic carbocycles. The van der Waals surface area contributed by atoms with Gasteiger partial charge in [-0.15, -0.1) is 0 Å². The maximum Gasteiger partial charge on any atom is 0.459 e. The van der Waals surface area contributed by atoms with Gasteiger partial charge in [0.1, 0.15) is 35.2 Å². The fraction of sp³-hybridized carbons (Fsp3) is 0.519. The van der Waals surface area contributed by atoms with Gasteiger partial charge < -0.3 is 24.4 Å². The molecule has 0 saturated carbocycles. The van der Waals surface area contributed by atoms with Crippen molar-refractivity contribution in [3.05, 3.63) is 53.1 Å². The second-order valence-corrected chi connectivity index (χ2v) is 12.2. The van der Waals surface area contributed by atoms with Gasteiger partial charge in [0.05, 0.1) is 18.8 Å². The summed E-state index contributed by atoms with van der Waals surface area (Å²) < 4.78 is 37.1. The summed E-state index contributed by atoms with van der Waals surface area (Å²) in [6.07, 6.45) is -3.21. The smallest absolute Gasteiger partial charge is 0.459 e. The van der Waals surface area contributed by atoms with Crippen LogP contribution in [0.25, 0.3) is 0 Å². The molecule has 2 aromatic rings. The first-order valence-electron chi connectivity index (χ1n) is 13.3. The van der Waals surface area contributed by atoms with E-state index in [0.29, 0.717) is 0 Å². The van der Waals surface area contributed by atoms with Crippen molar-refractivity contribution in [2.45, 2.75) is 72.1 Å². The summed E-state index contributed by atoms with van der Waals surface area (Å²) >= 11 is 0. The third-order valence-electron chi connectivity index (χ3n) is 6.32. The van der Waals surface area contributed by atoms with Crippen molar-refractivity contribution in [3.8, 4) is 11.8 Å². The molecule has 0 radical (unpaired) electrons. The summed E-state index contributed by atoms with van der Waals surface area (Å²) in [7, 11) is -4.30. The van der Waals surface area contributed by atoms with Gasteiger partial charge in [-0.1, -0.05) is 32.0 Å². The Morgan fingerprint density at radius 1 is 1.21 bits per heavy atom. The minimum absolute atomic E-state index is 0.0160. The molecule has 42 heavy (non-hydrogen) atoms. The first-order valence-corrected chi connectivity index (χ1v) is 14.9. The topological polar surface area (TPSA) is 191 Å². The van der Waals surface area contributed by atoms with E-state index in [9.17, 15) is 29.3 Å². The van der Waals surface area contributed by atoms with Crippen molar-refractivity contribution >= 4 is 25.4 Å². The third-order valence-corrected chi connectivity index (χ3v) is 7.96. The SMILES string of the molecule is CC(C)OC(=O)[C@H](C)NP(=O)(OC[C@H]1O[C@@H](n2ccc(NC(=O)C(C)C)nc2=O)[C@](C)(C#N)[C@@H]1O)Oc1ccccc1. The largest absolute Gasteiger partial charge is 0.462 e. The van der Waals surface area contributed by atoms with Gasteiger partial charge in [-0.2, -0.15) is 15.3 Å². The van der Waals surface area contributed by atoms with Crippen LogP contribution in [0.15, 0.2) is 47.4 Å². The number of benzene rings is 1. The van der Waals surface area contributed by atoms with Gasteiger partial charge in [0.2, 0.25) is 5.91 Å². The molecule has 6 atom stereocenters. The van der Waals surface area contributed by atoms with Crippen LogP contribution < -0.4 is 20.6 Å².